The summed E-state index contributed by atoms with van der Waals surface area (Å²) in [5.41, 5.74) is 14.8. The van der Waals surface area contributed by atoms with Crippen LogP contribution in [-0.4, -0.2) is 6.54 Å². The Kier molecular flexibility index (Phi) is 8.37. The van der Waals surface area contributed by atoms with Gasteiger partial charge < -0.3 is 9.80 Å². The molecule has 0 atom stereocenters. The van der Waals surface area contributed by atoms with Crippen LogP contribution in [0.25, 0.3) is 32.1 Å². The van der Waals surface area contributed by atoms with E-state index in [2.05, 4.69) is 182 Å². The summed E-state index contributed by atoms with van der Waals surface area (Å²) in [7, 11) is 0. The summed E-state index contributed by atoms with van der Waals surface area (Å²) >= 11 is 2.46. The Morgan fingerprint density at radius 2 is 1.26 bits per heavy atom. The minimum absolute atomic E-state index is 0.789. The van der Waals surface area contributed by atoms with E-state index >= 15 is 0 Å². The van der Waals surface area contributed by atoms with Crippen molar-refractivity contribution < 1.29 is 0 Å². The number of hydrogen-bond acceptors (Lipinski definition) is 2. The van der Waals surface area contributed by atoms with Gasteiger partial charge in [-0.25, -0.2) is 0 Å². The van der Waals surface area contributed by atoms with Crippen molar-refractivity contribution >= 4 is 66.3 Å². The number of para-hydroxylation sites is 3. The van der Waals surface area contributed by atoms with E-state index in [1.165, 1.54) is 77.5 Å². The van der Waals surface area contributed by atoms with Crippen molar-refractivity contribution in [3.05, 3.63) is 178 Å². The van der Waals surface area contributed by atoms with Gasteiger partial charge in [0.25, 0.3) is 0 Å². The van der Waals surface area contributed by atoms with Crippen molar-refractivity contribution in [2.75, 3.05) is 16.3 Å². The molecular weight excluding hydrogens is 719 g/mol. The standard InChI is InChI=1S/C47H39IN2/c48-32-42-39(28-29-49-43-18-8-4-12-33(43)22-23-34-13-5-9-19-44(34)49)30-38-26-27-40(31-41(38)47(42)37-16-2-1-3-17-37)50-45-20-10-6-14-35(45)24-25-36-15-7-11-21-46(36)50/h1-6,8-14,16-21,26-28,30-32H,7,15,22-25,29H2/b39-28-,42-32+. The molecule has 0 unspecified atom stereocenters. The van der Waals surface area contributed by atoms with Gasteiger partial charge in [0.2, 0.25) is 0 Å². The average Bonchev–Trinajstić information content (AvgIpc) is 3.45. The van der Waals surface area contributed by atoms with Crippen LogP contribution in [-0.2, 0) is 19.3 Å². The van der Waals surface area contributed by atoms with Gasteiger partial charge in [0, 0.05) is 35.0 Å². The molecule has 0 radical (unpaired) electrons. The summed E-state index contributed by atoms with van der Waals surface area (Å²) in [6.45, 7) is 0.789. The Bertz CT molecular complexity index is 2390. The molecule has 0 bridgehead atoms. The van der Waals surface area contributed by atoms with Gasteiger partial charge in [-0.1, -0.05) is 126 Å². The Hall–Kier alpha value is -4.87. The zero-order valence-electron chi connectivity index (χ0n) is 28.2. The molecule has 2 aliphatic heterocycles. The van der Waals surface area contributed by atoms with E-state index in [0.717, 1.165) is 45.1 Å². The van der Waals surface area contributed by atoms with E-state index in [1.807, 2.05) is 0 Å². The van der Waals surface area contributed by atoms with E-state index in [0.29, 0.717) is 0 Å². The van der Waals surface area contributed by atoms with Gasteiger partial charge in [-0.05, 0) is 140 Å². The first kappa shape index (κ1) is 31.1. The molecule has 2 nitrogen and oxygen atoms in total. The Morgan fingerprint density at radius 3 is 1.98 bits per heavy atom. The average molecular weight is 759 g/mol. The quantitative estimate of drug-likeness (QED) is 0.165. The second kappa shape index (κ2) is 13.4. The van der Waals surface area contributed by atoms with E-state index in [9.17, 15) is 0 Å². The van der Waals surface area contributed by atoms with Crippen molar-refractivity contribution in [3.63, 3.8) is 0 Å². The molecule has 244 valence electrons. The summed E-state index contributed by atoms with van der Waals surface area (Å²) < 4.78 is 2.29. The van der Waals surface area contributed by atoms with Gasteiger partial charge in [0.15, 0.2) is 0 Å². The van der Waals surface area contributed by atoms with Crippen LogP contribution < -0.4 is 20.2 Å². The van der Waals surface area contributed by atoms with Crippen LogP contribution in [0.2, 0.25) is 0 Å². The molecule has 0 saturated carbocycles. The van der Waals surface area contributed by atoms with Gasteiger partial charge in [-0.3, -0.25) is 0 Å². The van der Waals surface area contributed by atoms with E-state index in [4.69, 9.17) is 0 Å². The van der Waals surface area contributed by atoms with Gasteiger partial charge in [0.1, 0.15) is 0 Å². The summed E-state index contributed by atoms with van der Waals surface area (Å²) in [4.78, 5) is 5.05. The lowest BCUT2D eigenvalue weighted by molar-refractivity contribution is 0.833. The number of benzene rings is 6. The molecule has 0 aromatic heterocycles. The molecule has 50 heavy (non-hydrogen) atoms. The number of allylic oxidation sites excluding steroid dienone is 3. The smallest absolute Gasteiger partial charge is 0.0493 e. The third kappa shape index (κ3) is 5.58. The Morgan fingerprint density at radius 1 is 0.620 bits per heavy atom. The number of fused-ring (bicyclic) bond motifs is 4. The highest BCUT2D eigenvalue weighted by Crippen LogP contribution is 2.42. The maximum Gasteiger partial charge on any atom is 0.0493 e. The summed E-state index contributed by atoms with van der Waals surface area (Å²) in [6, 6.07) is 47.4. The number of nitrogens with zero attached hydrogens (tertiary/aromatic N) is 2. The zero-order valence-corrected chi connectivity index (χ0v) is 30.3. The number of hydrogen-bond donors (Lipinski definition) is 0. The fraction of sp³-hybridized carbons (Fsp3) is 0.149. The maximum atomic E-state index is 2.53. The van der Waals surface area contributed by atoms with Crippen LogP contribution in [0.3, 0.4) is 0 Å². The van der Waals surface area contributed by atoms with Gasteiger partial charge in [0.05, 0.1) is 0 Å². The highest BCUT2D eigenvalue weighted by atomic mass is 127. The summed E-state index contributed by atoms with van der Waals surface area (Å²) in [5.74, 6) is 0. The fourth-order valence-corrected chi connectivity index (χ4v) is 9.01. The molecule has 0 fully saturated rings. The molecule has 9 rings (SSSR count). The minimum Gasteiger partial charge on any atom is -0.337 e. The lowest BCUT2D eigenvalue weighted by atomic mass is 9.94. The molecule has 3 aliphatic rings. The molecule has 0 amide bonds. The molecule has 6 aromatic rings. The lowest BCUT2D eigenvalue weighted by Gasteiger charge is -2.30. The van der Waals surface area contributed by atoms with Crippen molar-refractivity contribution in [2.45, 2.75) is 38.5 Å². The topological polar surface area (TPSA) is 6.48 Å². The van der Waals surface area contributed by atoms with Crippen LogP contribution >= 0.6 is 22.6 Å². The monoisotopic (exact) mass is 758 g/mol. The van der Waals surface area contributed by atoms with Crippen LogP contribution in [0, 0.1) is 0 Å². The van der Waals surface area contributed by atoms with Crippen LogP contribution in [0.1, 0.15) is 36.0 Å². The highest BCUT2D eigenvalue weighted by Gasteiger charge is 2.25. The Labute approximate surface area is 308 Å². The predicted molar refractivity (Wildman–Crippen MR) is 221 cm³/mol. The first-order valence-electron chi connectivity index (χ1n) is 17.9. The predicted octanol–water partition coefficient (Wildman–Crippen LogP) is 11.1. The summed E-state index contributed by atoms with van der Waals surface area (Å²) in [6.07, 6.45) is 13.7. The molecule has 3 heteroatoms. The number of rotatable bonds is 4. The number of aryl methyl sites for hydroxylation is 3. The van der Waals surface area contributed by atoms with Gasteiger partial charge in [-0.2, -0.15) is 0 Å². The zero-order chi connectivity index (χ0) is 33.4. The van der Waals surface area contributed by atoms with Crippen LogP contribution in [0.4, 0.5) is 22.7 Å². The molecule has 6 aromatic carbocycles. The number of anilines is 4. The SMILES string of the molecule is I/C=c1/c(-c2ccccc2)c2cc(N3C4=C(CCC=C4)CCc4ccccc43)ccc2c/c1=C/CN1c2ccccc2CCc2ccccc21. The third-order valence-corrected chi connectivity index (χ3v) is 11.4. The van der Waals surface area contributed by atoms with Crippen molar-refractivity contribution in [1.29, 1.82) is 0 Å². The second-order valence-electron chi connectivity index (χ2n) is 13.6. The molecule has 0 spiro atoms. The third-order valence-electron chi connectivity index (χ3n) is 10.8. The van der Waals surface area contributed by atoms with E-state index in [1.54, 1.807) is 5.57 Å². The molecule has 2 heterocycles. The Balaban J connectivity index is 1.25. The molecule has 1 aliphatic carbocycles. The molecule has 0 N–H and O–H groups in total. The summed E-state index contributed by atoms with van der Waals surface area (Å²) in [5, 5.41) is 5.07. The first-order chi connectivity index (χ1) is 24.8. The van der Waals surface area contributed by atoms with Crippen molar-refractivity contribution in [3.8, 4) is 11.1 Å². The van der Waals surface area contributed by atoms with Crippen molar-refractivity contribution in [1.82, 2.24) is 0 Å². The van der Waals surface area contributed by atoms with Gasteiger partial charge >= 0.3 is 0 Å². The first-order valence-corrected chi connectivity index (χ1v) is 19.1. The normalized spacial score (nSPS) is 16.1. The van der Waals surface area contributed by atoms with Crippen LogP contribution in [0.5, 0.6) is 0 Å². The minimum atomic E-state index is 0.789. The van der Waals surface area contributed by atoms with Crippen LogP contribution in [0.15, 0.2) is 151 Å². The maximum absolute atomic E-state index is 2.53. The largest absolute Gasteiger partial charge is 0.337 e. The fourth-order valence-electron chi connectivity index (χ4n) is 8.34. The lowest BCUT2D eigenvalue weighted by Crippen LogP contribution is -2.29. The van der Waals surface area contributed by atoms with E-state index in [-0.39, 0.29) is 0 Å². The number of halogens is 1. The molecule has 0 saturated heterocycles. The molecular formula is C47H39IN2. The van der Waals surface area contributed by atoms with E-state index < -0.39 is 0 Å². The van der Waals surface area contributed by atoms with Gasteiger partial charge in [-0.15, -0.1) is 0 Å². The highest BCUT2D eigenvalue weighted by molar-refractivity contribution is 14.1. The second-order valence-corrected chi connectivity index (χ2v) is 14.2. The van der Waals surface area contributed by atoms with Crippen molar-refractivity contribution in [2.24, 2.45) is 0 Å².